The number of non-ortho nitro benzene ring substituents is 1. The third kappa shape index (κ3) is 2.87. The van der Waals surface area contributed by atoms with Gasteiger partial charge in [-0.25, -0.2) is 0 Å². The Morgan fingerprint density at radius 1 is 1.35 bits per heavy atom. The zero-order valence-corrected chi connectivity index (χ0v) is 10.2. The molecule has 4 N–H and O–H groups in total. The predicted octanol–water partition coefficient (Wildman–Crippen LogP) is 1.53. The van der Waals surface area contributed by atoms with Crippen molar-refractivity contribution in [1.82, 2.24) is 4.98 Å². The molecule has 0 atom stereocenters. The van der Waals surface area contributed by atoms with E-state index in [1.54, 1.807) is 12.1 Å². The lowest BCUT2D eigenvalue weighted by atomic mass is 10.2. The summed E-state index contributed by atoms with van der Waals surface area (Å²) >= 11 is 0. The van der Waals surface area contributed by atoms with Gasteiger partial charge in [-0.3, -0.25) is 25.7 Å². The highest BCUT2D eigenvalue weighted by Crippen LogP contribution is 2.19. The average Bonchev–Trinajstić information content (AvgIpc) is 2.47. The number of nitrogens with two attached hydrogens (primary N) is 1. The topological polar surface area (TPSA) is 123 Å². The predicted molar refractivity (Wildman–Crippen MR) is 73.1 cm³/mol. The maximum Gasteiger partial charge on any atom is 0.271 e. The summed E-state index contributed by atoms with van der Waals surface area (Å²) in [5, 5.41) is 13.2. The van der Waals surface area contributed by atoms with E-state index in [2.05, 4.69) is 15.7 Å². The highest BCUT2D eigenvalue weighted by molar-refractivity contribution is 6.07. The summed E-state index contributed by atoms with van der Waals surface area (Å²) in [5.41, 5.74) is 3.24. The lowest BCUT2D eigenvalue weighted by Gasteiger charge is -2.08. The Labute approximate surface area is 113 Å². The molecule has 0 aliphatic heterocycles. The van der Waals surface area contributed by atoms with Crippen molar-refractivity contribution in [3.05, 3.63) is 58.4 Å². The lowest BCUT2D eigenvalue weighted by molar-refractivity contribution is -0.384. The molecule has 0 aliphatic rings. The number of hydrogen-bond acceptors (Lipinski definition) is 6. The van der Waals surface area contributed by atoms with Gasteiger partial charge >= 0.3 is 0 Å². The minimum absolute atomic E-state index is 0.105. The molecule has 0 bridgehead atoms. The van der Waals surface area contributed by atoms with Crippen LogP contribution in [-0.2, 0) is 0 Å². The first kappa shape index (κ1) is 13.4. The van der Waals surface area contributed by atoms with Crippen molar-refractivity contribution in [3.63, 3.8) is 0 Å². The number of hydrogen-bond donors (Lipinski definition) is 3. The molecule has 2 rings (SSSR count). The van der Waals surface area contributed by atoms with Crippen LogP contribution in [0.1, 0.15) is 10.4 Å². The van der Waals surface area contributed by atoms with Gasteiger partial charge in [0.15, 0.2) is 0 Å². The van der Waals surface area contributed by atoms with Crippen LogP contribution in [0.25, 0.3) is 0 Å². The molecule has 0 radical (unpaired) electrons. The summed E-state index contributed by atoms with van der Waals surface area (Å²) in [7, 11) is 0. The zero-order valence-electron chi connectivity index (χ0n) is 10.2. The molecule has 20 heavy (non-hydrogen) atoms. The van der Waals surface area contributed by atoms with E-state index in [-0.39, 0.29) is 11.3 Å². The molecule has 2 aromatic rings. The van der Waals surface area contributed by atoms with Crippen LogP contribution >= 0.6 is 0 Å². The van der Waals surface area contributed by atoms with Crippen LogP contribution < -0.4 is 16.6 Å². The number of anilines is 2. The van der Waals surface area contributed by atoms with Gasteiger partial charge in [-0.15, -0.1) is 0 Å². The minimum atomic E-state index is -0.535. The number of carbonyl (C=O) groups excluding carboxylic acids is 1. The summed E-state index contributed by atoms with van der Waals surface area (Å²) in [6.07, 6.45) is 2.83. The monoisotopic (exact) mass is 273 g/mol. The maximum absolute atomic E-state index is 12.1. The third-order valence-corrected chi connectivity index (χ3v) is 2.54. The number of nitro groups is 1. The largest absolute Gasteiger partial charge is 0.323 e. The number of nitrogens with one attached hydrogen (secondary N) is 2. The van der Waals surface area contributed by atoms with Gasteiger partial charge < -0.3 is 10.7 Å². The molecule has 1 aromatic heterocycles. The molecule has 0 saturated carbocycles. The van der Waals surface area contributed by atoms with Crippen LogP contribution in [0, 0.1) is 10.1 Å². The van der Waals surface area contributed by atoms with E-state index < -0.39 is 10.8 Å². The molecule has 102 valence electrons. The number of benzene rings is 1. The fourth-order valence-electron chi connectivity index (χ4n) is 1.60. The highest BCUT2D eigenvalue weighted by Gasteiger charge is 2.13. The van der Waals surface area contributed by atoms with Crippen LogP contribution in [0.5, 0.6) is 0 Å². The van der Waals surface area contributed by atoms with Gasteiger partial charge in [0.2, 0.25) is 0 Å². The molecular formula is C12H11N5O3. The van der Waals surface area contributed by atoms with E-state index in [9.17, 15) is 14.9 Å². The number of aromatic nitrogens is 1. The molecule has 1 heterocycles. The fraction of sp³-hybridized carbons (Fsp3) is 0. The molecular weight excluding hydrogens is 262 g/mol. The normalized spacial score (nSPS) is 9.85. The Balaban J connectivity index is 2.23. The van der Waals surface area contributed by atoms with E-state index in [0.717, 1.165) is 0 Å². The van der Waals surface area contributed by atoms with Crippen LogP contribution in [0.3, 0.4) is 0 Å². The van der Waals surface area contributed by atoms with E-state index in [1.165, 1.54) is 30.6 Å². The summed E-state index contributed by atoms with van der Waals surface area (Å²) in [6, 6.07) is 7.19. The first-order valence-electron chi connectivity index (χ1n) is 5.58. The Morgan fingerprint density at radius 2 is 2.15 bits per heavy atom. The Bertz CT molecular complexity index is 659. The van der Waals surface area contributed by atoms with Gasteiger partial charge in [0.1, 0.15) is 0 Å². The molecule has 0 unspecified atom stereocenters. The summed E-state index contributed by atoms with van der Waals surface area (Å²) in [6.45, 7) is 0. The van der Waals surface area contributed by atoms with Gasteiger partial charge in [0.05, 0.1) is 16.2 Å². The minimum Gasteiger partial charge on any atom is -0.323 e. The SMILES string of the molecule is NNc1ccncc1C(=O)Nc1cccc([N+](=O)[O-])c1. The highest BCUT2D eigenvalue weighted by atomic mass is 16.6. The molecule has 8 heteroatoms. The van der Waals surface area contributed by atoms with Crippen molar-refractivity contribution in [2.24, 2.45) is 5.84 Å². The first-order valence-corrected chi connectivity index (χ1v) is 5.58. The number of pyridine rings is 1. The number of rotatable bonds is 4. The van der Waals surface area contributed by atoms with Crippen molar-refractivity contribution in [3.8, 4) is 0 Å². The molecule has 0 spiro atoms. The van der Waals surface area contributed by atoms with Crippen molar-refractivity contribution >= 4 is 23.0 Å². The fourth-order valence-corrected chi connectivity index (χ4v) is 1.60. The second-order valence-corrected chi connectivity index (χ2v) is 3.83. The summed E-state index contributed by atoms with van der Waals surface area (Å²) in [4.78, 5) is 26.0. The van der Waals surface area contributed by atoms with Crippen LogP contribution in [-0.4, -0.2) is 15.8 Å². The van der Waals surface area contributed by atoms with Gasteiger partial charge in [-0.05, 0) is 12.1 Å². The van der Waals surface area contributed by atoms with Crippen molar-refractivity contribution in [2.75, 3.05) is 10.7 Å². The van der Waals surface area contributed by atoms with E-state index >= 15 is 0 Å². The number of nitro benzene ring substituents is 1. The van der Waals surface area contributed by atoms with E-state index in [0.29, 0.717) is 11.4 Å². The van der Waals surface area contributed by atoms with Gasteiger partial charge in [-0.1, -0.05) is 6.07 Å². The molecule has 0 fully saturated rings. The second kappa shape index (κ2) is 5.76. The first-order chi connectivity index (χ1) is 9.61. The zero-order chi connectivity index (χ0) is 14.5. The average molecular weight is 273 g/mol. The number of amides is 1. The summed E-state index contributed by atoms with van der Waals surface area (Å²) in [5.74, 6) is 4.83. The van der Waals surface area contributed by atoms with Crippen molar-refractivity contribution in [1.29, 1.82) is 0 Å². The standard InChI is InChI=1S/C12H11N5O3/c13-16-11-4-5-14-7-10(11)12(18)15-8-2-1-3-9(6-8)17(19)20/h1-7H,13H2,(H,14,16)(H,15,18). The number of nitrogen functional groups attached to an aromatic ring is 1. The molecule has 8 nitrogen and oxygen atoms in total. The van der Waals surface area contributed by atoms with Crippen LogP contribution in [0.2, 0.25) is 0 Å². The second-order valence-electron chi connectivity index (χ2n) is 3.83. The lowest BCUT2D eigenvalue weighted by Crippen LogP contribution is -2.17. The number of hydrazine groups is 1. The van der Waals surface area contributed by atoms with Gasteiger partial charge in [-0.2, -0.15) is 0 Å². The molecule has 0 saturated heterocycles. The van der Waals surface area contributed by atoms with E-state index in [4.69, 9.17) is 5.84 Å². The molecule has 1 amide bonds. The summed E-state index contributed by atoms with van der Waals surface area (Å²) < 4.78 is 0. The smallest absolute Gasteiger partial charge is 0.271 e. The van der Waals surface area contributed by atoms with E-state index in [1.807, 2.05) is 0 Å². The molecule has 0 aliphatic carbocycles. The number of carbonyl (C=O) groups is 1. The van der Waals surface area contributed by atoms with Crippen LogP contribution in [0.4, 0.5) is 17.1 Å². The Morgan fingerprint density at radius 3 is 2.85 bits per heavy atom. The van der Waals surface area contributed by atoms with Gasteiger partial charge in [0, 0.05) is 30.2 Å². The quantitative estimate of drug-likeness (QED) is 0.441. The van der Waals surface area contributed by atoms with Gasteiger partial charge in [0.25, 0.3) is 11.6 Å². The Hall–Kier alpha value is -3.00. The third-order valence-electron chi connectivity index (χ3n) is 2.54. The van der Waals surface area contributed by atoms with Crippen molar-refractivity contribution in [2.45, 2.75) is 0 Å². The Kier molecular flexibility index (Phi) is 3.87. The number of nitrogens with zero attached hydrogens (tertiary/aromatic N) is 2. The van der Waals surface area contributed by atoms with Crippen molar-refractivity contribution < 1.29 is 9.72 Å². The maximum atomic E-state index is 12.1. The molecule has 1 aromatic carbocycles. The van der Waals surface area contributed by atoms with Crippen LogP contribution in [0.15, 0.2) is 42.7 Å².